The normalized spacial score (nSPS) is 16.9. The standard InChI is InChI=1S/C34H34N4O5S/c1-42-25-14-23(15-26(17-25)43-2)34(41)36-28-16-22(33(40)35-27-7-4-5-9-31(27)44-3)11-12-30(28)37-18-21-13-24(20-37)29-8-6-10-32(39)38(29)19-21/h4-12,14-17,21,24H,13,18-20H2,1-3H3,(H,35,40)(H,36,41)/t21-,24+/m1/s1. The number of pyridine rings is 1. The van der Waals surface area contributed by atoms with Gasteiger partial charge >= 0.3 is 0 Å². The highest BCUT2D eigenvalue weighted by molar-refractivity contribution is 7.98. The van der Waals surface area contributed by atoms with E-state index in [0.29, 0.717) is 41.4 Å². The predicted molar refractivity (Wildman–Crippen MR) is 174 cm³/mol. The first-order chi connectivity index (χ1) is 21.4. The van der Waals surface area contributed by atoms with Crippen molar-refractivity contribution in [2.24, 2.45) is 5.92 Å². The van der Waals surface area contributed by atoms with E-state index < -0.39 is 0 Å². The third-order valence-corrected chi connectivity index (χ3v) is 9.09. The predicted octanol–water partition coefficient (Wildman–Crippen LogP) is 5.72. The zero-order valence-electron chi connectivity index (χ0n) is 24.8. The fraction of sp³-hybridized carbons (Fsp3) is 0.265. The maximum absolute atomic E-state index is 13.7. The Balaban J connectivity index is 1.35. The van der Waals surface area contributed by atoms with Crippen molar-refractivity contribution < 1.29 is 19.1 Å². The fourth-order valence-corrected chi connectivity index (χ4v) is 6.78. The molecule has 226 valence electrons. The molecule has 4 aromatic rings. The van der Waals surface area contributed by atoms with Crippen molar-refractivity contribution in [3.63, 3.8) is 0 Å². The number of benzene rings is 3. The Labute approximate surface area is 260 Å². The minimum Gasteiger partial charge on any atom is -0.497 e. The Bertz CT molecular complexity index is 1770. The number of thioether (sulfide) groups is 1. The number of hydrogen-bond donors (Lipinski definition) is 2. The van der Waals surface area contributed by atoms with Crippen LogP contribution in [-0.2, 0) is 6.54 Å². The van der Waals surface area contributed by atoms with E-state index in [0.717, 1.165) is 34.9 Å². The number of hydrogen-bond acceptors (Lipinski definition) is 7. The van der Waals surface area contributed by atoms with E-state index in [2.05, 4.69) is 15.5 Å². The molecule has 2 bridgehead atoms. The van der Waals surface area contributed by atoms with E-state index in [1.54, 1.807) is 48.2 Å². The summed E-state index contributed by atoms with van der Waals surface area (Å²) in [5.74, 6) is 0.802. The molecule has 44 heavy (non-hydrogen) atoms. The van der Waals surface area contributed by atoms with Gasteiger partial charge in [-0.25, -0.2) is 0 Å². The summed E-state index contributed by atoms with van der Waals surface area (Å²) in [4.78, 5) is 42.9. The summed E-state index contributed by atoms with van der Waals surface area (Å²) in [7, 11) is 3.07. The summed E-state index contributed by atoms with van der Waals surface area (Å²) in [6.45, 7) is 2.06. The Morgan fingerprint density at radius 1 is 0.795 bits per heavy atom. The van der Waals surface area contributed by atoms with Gasteiger partial charge in [-0.1, -0.05) is 18.2 Å². The number of rotatable bonds is 8. The molecule has 2 N–H and O–H groups in total. The largest absolute Gasteiger partial charge is 0.497 e. The second-order valence-electron chi connectivity index (χ2n) is 11.0. The highest BCUT2D eigenvalue weighted by atomic mass is 32.2. The van der Waals surface area contributed by atoms with E-state index in [1.807, 2.05) is 53.3 Å². The Hall–Kier alpha value is -4.70. The molecular weight excluding hydrogens is 576 g/mol. The van der Waals surface area contributed by atoms with E-state index >= 15 is 0 Å². The maximum Gasteiger partial charge on any atom is 0.255 e. The molecule has 2 aliphatic heterocycles. The molecule has 9 nitrogen and oxygen atoms in total. The molecule has 0 aliphatic carbocycles. The first-order valence-corrected chi connectivity index (χ1v) is 15.7. The first kappa shape index (κ1) is 29.4. The monoisotopic (exact) mass is 610 g/mol. The summed E-state index contributed by atoms with van der Waals surface area (Å²) in [5, 5.41) is 6.09. The van der Waals surface area contributed by atoms with Gasteiger partial charge in [0.15, 0.2) is 0 Å². The Morgan fingerprint density at radius 3 is 2.27 bits per heavy atom. The Morgan fingerprint density at radius 2 is 1.52 bits per heavy atom. The van der Waals surface area contributed by atoms with Crippen molar-refractivity contribution in [1.82, 2.24) is 4.57 Å². The van der Waals surface area contributed by atoms with Gasteiger partial charge in [0.25, 0.3) is 17.4 Å². The number of fused-ring (bicyclic) bond motifs is 4. The molecule has 1 fully saturated rings. The SMILES string of the molecule is COc1cc(OC)cc(C(=O)Nc2cc(C(=O)Nc3ccccc3SC)ccc2N2C[C@H]3C[C@@H](C2)c2cccc(=O)n2C3)c1. The summed E-state index contributed by atoms with van der Waals surface area (Å²) >= 11 is 1.55. The molecular formula is C34H34N4O5S. The average Bonchev–Trinajstić information content (AvgIpc) is 3.05. The van der Waals surface area contributed by atoms with Crippen LogP contribution in [0.3, 0.4) is 0 Å². The third kappa shape index (κ3) is 5.90. The van der Waals surface area contributed by atoms with Crippen molar-refractivity contribution in [2.75, 3.05) is 49.1 Å². The molecule has 0 saturated carbocycles. The number of anilines is 3. The second-order valence-corrected chi connectivity index (χ2v) is 11.9. The van der Waals surface area contributed by atoms with Crippen LogP contribution in [0.5, 0.6) is 11.5 Å². The zero-order chi connectivity index (χ0) is 30.8. The number of piperidine rings is 1. The van der Waals surface area contributed by atoms with Gasteiger partial charge in [0, 0.05) is 59.4 Å². The number of carbonyl (C=O) groups excluding carboxylic acids is 2. The maximum atomic E-state index is 13.7. The van der Waals surface area contributed by atoms with Crippen LogP contribution in [0.1, 0.15) is 38.7 Å². The van der Waals surface area contributed by atoms with Gasteiger partial charge in [0.1, 0.15) is 11.5 Å². The third-order valence-electron chi connectivity index (χ3n) is 8.30. The highest BCUT2D eigenvalue weighted by Gasteiger charge is 2.35. The van der Waals surface area contributed by atoms with Crippen LogP contribution in [0.15, 0.2) is 88.6 Å². The molecule has 1 aromatic heterocycles. The summed E-state index contributed by atoms with van der Waals surface area (Å²) in [6.07, 6.45) is 2.96. The smallest absolute Gasteiger partial charge is 0.255 e. The lowest BCUT2D eigenvalue weighted by Gasteiger charge is -2.44. The number of amides is 2. The molecule has 6 rings (SSSR count). The van der Waals surface area contributed by atoms with Crippen LogP contribution in [0.2, 0.25) is 0 Å². The molecule has 2 atom stereocenters. The van der Waals surface area contributed by atoms with E-state index in [1.165, 1.54) is 14.2 Å². The lowest BCUT2D eigenvalue weighted by Crippen LogP contribution is -2.47. The minimum absolute atomic E-state index is 0.0331. The number of ether oxygens (including phenoxy) is 2. The van der Waals surface area contributed by atoms with Gasteiger partial charge in [-0.3, -0.25) is 14.4 Å². The van der Waals surface area contributed by atoms with E-state index in [-0.39, 0.29) is 29.2 Å². The van der Waals surface area contributed by atoms with Crippen LogP contribution < -0.4 is 30.6 Å². The quantitative estimate of drug-likeness (QED) is 0.246. The van der Waals surface area contributed by atoms with Crippen LogP contribution in [-0.4, -0.2) is 49.9 Å². The first-order valence-electron chi connectivity index (χ1n) is 14.4. The molecule has 0 unspecified atom stereocenters. The molecule has 3 aromatic carbocycles. The van der Waals surface area contributed by atoms with Gasteiger partial charge in [-0.05, 0) is 67.1 Å². The van der Waals surface area contributed by atoms with Crippen molar-refractivity contribution >= 4 is 40.6 Å². The summed E-state index contributed by atoms with van der Waals surface area (Å²) in [6, 6.07) is 23.5. The number of para-hydroxylation sites is 1. The minimum atomic E-state index is -0.358. The summed E-state index contributed by atoms with van der Waals surface area (Å²) in [5.41, 5.74) is 3.91. The Kier molecular flexibility index (Phi) is 8.34. The van der Waals surface area contributed by atoms with Crippen molar-refractivity contribution in [1.29, 1.82) is 0 Å². The van der Waals surface area contributed by atoms with Gasteiger partial charge in [0.2, 0.25) is 0 Å². The number of aromatic nitrogens is 1. The van der Waals surface area contributed by atoms with Gasteiger partial charge in [0.05, 0.1) is 31.3 Å². The van der Waals surface area contributed by atoms with Crippen LogP contribution in [0, 0.1) is 5.92 Å². The van der Waals surface area contributed by atoms with E-state index in [4.69, 9.17) is 9.47 Å². The topological polar surface area (TPSA) is 102 Å². The van der Waals surface area contributed by atoms with Crippen molar-refractivity contribution in [3.05, 3.63) is 106 Å². The van der Waals surface area contributed by atoms with Gasteiger partial charge in [-0.2, -0.15) is 0 Å². The van der Waals surface area contributed by atoms with Gasteiger partial charge in [-0.15, -0.1) is 11.8 Å². The number of nitrogens with one attached hydrogen (secondary N) is 2. The molecule has 1 saturated heterocycles. The number of methoxy groups -OCH3 is 2. The van der Waals surface area contributed by atoms with Crippen molar-refractivity contribution in [3.8, 4) is 11.5 Å². The number of nitrogens with zero attached hydrogens (tertiary/aromatic N) is 2. The van der Waals surface area contributed by atoms with Crippen LogP contribution >= 0.6 is 11.8 Å². The number of carbonyl (C=O) groups is 2. The molecule has 0 radical (unpaired) electrons. The molecule has 2 aliphatic rings. The van der Waals surface area contributed by atoms with Crippen LogP contribution in [0.4, 0.5) is 17.1 Å². The molecule has 10 heteroatoms. The summed E-state index contributed by atoms with van der Waals surface area (Å²) < 4.78 is 12.6. The van der Waals surface area contributed by atoms with E-state index in [9.17, 15) is 14.4 Å². The molecule has 3 heterocycles. The molecule has 0 spiro atoms. The molecule has 2 amide bonds. The fourth-order valence-electron chi connectivity index (χ4n) is 6.22. The highest BCUT2D eigenvalue weighted by Crippen LogP contribution is 2.40. The van der Waals surface area contributed by atoms with Crippen LogP contribution in [0.25, 0.3) is 0 Å². The lowest BCUT2D eigenvalue weighted by atomic mass is 9.83. The zero-order valence-corrected chi connectivity index (χ0v) is 25.6. The second kappa shape index (κ2) is 12.5. The van der Waals surface area contributed by atoms with Gasteiger partial charge < -0.3 is 29.6 Å². The lowest BCUT2D eigenvalue weighted by molar-refractivity contribution is 0.101. The average molecular weight is 611 g/mol. The van der Waals surface area contributed by atoms with Crippen molar-refractivity contribution in [2.45, 2.75) is 23.8 Å².